The van der Waals surface area contributed by atoms with Crippen molar-refractivity contribution in [2.45, 2.75) is 77.0 Å². The number of carbonyl (C=O) groups is 3. The lowest BCUT2D eigenvalue weighted by Gasteiger charge is -2.30. The van der Waals surface area contributed by atoms with E-state index < -0.39 is 23.8 Å². The Labute approximate surface area is 218 Å². The Morgan fingerprint density at radius 1 is 1.00 bits per heavy atom. The average molecular weight is 509 g/mol. The van der Waals surface area contributed by atoms with Crippen molar-refractivity contribution in [1.82, 2.24) is 5.32 Å². The number of ether oxygens (including phenoxy) is 2. The quantitative estimate of drug-likeness (QED) is 0.369. The summed E-state index contributed by atoms with van der Waals surface area (Å²) >= 11 is 0. The number of alkyl carbamates (subject to hydrolysis) is 1. The van der Waals surface area contributed by atoms with Gasteiger partial charge in [0.05, 0.1) is 5.69 Å². The molecule has 2 amide bonds. The first-order valence-corrected chi connectivity index (χ1v) is 12.6. The van der Waals surface area contributed by atoms with Crippen molar-refractivity contribution in [2.75, 3.05) is 5.32 Å². The van der Waals surface area contributed by atoms with E-state index in [0.717, 1.165) is 16.7 Å². The number of aliphatic carboxylic acids is 1. The van der Waals surface area contributed by atoms with Crippen LogP contribution in [0.15, 0.2) is 54.6 Å². The number of carbonyl (C=O) groups excluding carboxylic acids is 2. The molecule has 1 aliphatic carbocycles. The van der Waals surface area contributed by atoms with Crippen LogP contribution in [0.25, 0.3) is 17.2 Å². The minimum Gasteiger partial charge on any atom is -0.481 e. The second kappa shape index (κ2) is 12.9. The summed E-state index contributed by atoms with van der Waals surface area (Å²) in [5.74, 6) is -0.844. The molecule has 0 aromatic heterocycles. The number of anilines is 1. The maximum absolute atomic E-state index is 12.8. The lowest BCUT2D eigenvalue weighted by atomic mass is 9.93. The summed E-state index contributed by atoms with van der Waals surface area (Å²) in [6, 6.07) is 15.4. The van der Waals surface area contributed by atoms with Crippen LogP contribution < -0.4 is 10.6 Å². The predicted octanol–water partition coefficient (Wildman–Crippen LogP) is 6.62. The fraction of sp³-hybridized carbons (Fsp3) is 0.414. The van der Waals surface area contributed by atoms with Crippen LogP contribution in [-0.2, 0) is 14.3 Å². The minimum absolute atomic E-state index is 0.00737. The maximum Gasteiger partial charge on any atom is 0.411 e. The van der Waals surface area contributed by atoms with E-state index in [2.05, 4.69) is 10.6 Å². The average Bonchev–Trinajstić information content (AvgIpc) is 2.82. The Bertz CT molecular complexity index is 1100. The standard InChI is InChI=1S/C29H36N2O6/c1-29(2,3)37-28(35)30-22-14-16-23(17-15-22)36-27(34)31-25-19-20(9-7-8-12-26(32)33)13-18-24(25)21-10-5-4-6-11-21/h4-7,9-11,13,18-19,22-23H,8,12,14-17H2,1-3H3,(H,30,35)(H,31,34)(H,32,33). The first kappa shape index (κ1) is 27.8. The van der Waals surface area contributed by atoms with Gasteiger partial charge in [0.25, 0.3) is 0 Å². The van der Waals surface area contributed by atoms with Gasteiger partial charge in [-0.2, -0.15) is 0 Å². The van der Waals surface area contributed by atoms with E-state index in [1.807, 2.05) is 75.4 Å². The normalized spacial score (nSPS) is 17.7. The Hall–Kier alpha value is -3.81. The van der Waals surface area contributed by atoms with Crippen LogP contribution in [0.4, 0.5) is 15.3 Å². The van der Waals surface area contributed by atoms with E-state index in [9.17, 15) is 14.4 Å². The number of carboxylic acid groups (broad SMARTS) is 1. The molecular weight excluding hydrogens is 472 g/mol. The summed E-state index contributed by atoms with van der Waals surface area (Å²) in [5.41, 5.74) is 2.71. The zero-order valence-electron chi connectivity index (χ0n) is 21.7. The number of benzene rings is 2. The lowest BCUT2D eigenvalue weighted by molar-refractivity contribution is -0.136. The highest BCUT2D eigenvalue weighted by atomic mass is 16.6. The van der Waals surface area contributed by atoms with E-state index >= 15 is 0 Å². The smallest absolute Gasteiger partial charge is 0.411 e. The number of rotatable bonds is 8. The molecule has 0 aliphatic heterocycles. The van der Waals surface area contributed by atoms with Crippen molar-refractivity contribution < 1.29 is 29.0 Å². The molecule has 8 nitrogen and oxygen atoms in total. The van der Waals surface area contributed by atoms with Gasteiger partial charge in [-0.05, 0) is 70.1 Å². The Morgan fingerprint density at radius 2 is 1.70 bits per heavy atom. The third kappa shape index (κ3) is 9.63. The molecule has 1 aliphatic rings. The highest BCUT2D eigenvalue weighted by Crippen LogP contribution is 2.30. The summed E-state index contributed by atoms with van der Waals surface area (Å²) in [6.45, 7) is 5.47. The molecule has 0 atom stereocenters. The minimum atomic E-state index is -0.844. The summed E-state index contributed by atoms with van der Waals surface area (Å²) in [7, 11) is 0. The lowest BCUT2D eigenvalue weighted by Crippen LogP contribution is -2.42. The number of hydrogen-bond donors (Lipinski definition) is 3. The molecule has 0 saturated heterocycles. The van der Waals surface area contributed by atoms with Crippen molar-refractivity contribution in [1.29, 1.82) is 0 Å². The molecule has 3 rings (SSSR count). The van der Waals surface area contributed by atoms with Gasteiger partial charge in [0, 0.05) is 18.0 Å². The molecular formula is C29H36N2O6. The molecule has 2 aromatic rings. The summed E-state index contributed by atoms with van der Waals surface area (Å²) in [6.07, 6.45) is 5.61. The monoisotopic (exact) mass is 508 g/mol. The molecule has 1 fully saturated rings. The maximum atomic E-state index is 12.8. The van der Waals surface area contributed by atoms with Gasteiger partial charge in [-0.3, -0.25) is 10.1 Å². The summed E-state index contributed by atoms with van der Waals surface area (Å²) in [4.78, 5) is 35.6. The van der Waals surface area contributed by atoms with E-state index in [-0.39, 0.29) is 18.6 Å². The van der Waals surface area contributed by atoms with Gasteiger partial charge >= 0.3 is 18.2 Å². The Balaban J connectivity index is 1.61. The zero-order chi connectivity index (χ0) is 26.8. The largest absolute Gasteiger partial charge is 0.481 e. The van der Waals surface area contributed by atoms with E-state index in [0.29, 0.717) is 37.8 Å². The number of amides is 2. The third-order valence-electron chi connectivity index (χ3n) is 5.87. The van der Waals surface area contributed by atoms with Gasteiger partial charge < -0.3 is 19.9 Å². The third-order valence-corrected chi connectivity index (χ3v) is 5.87. The van der Waals surface area contributed by atoms with Crippen LogP contribution in [0.5, 0.6) is 0 Å². The second-order valence-electron chi connectivity index (χ2n) is 10.2. The van der Waals surface area contributed by atoms with Crippen LogP contribution in [0, 0.1) is 0 Å². The zero-order valence-corrected chi connectivity index (χ0v) is 21.7. The molecule has 37 heavy (non-hydrogen) atoms. The van der Waals surface area contributed by atoms with Crippen molar-refractivity contribution in [2.24, 2.45) is 0 Å². The van der Waals surface area contributed by atoms with Gasteiger partial charge in [-0.1, -0.05) is 54.6 Å². The fourth-order valence-electron chi connectivity index (χ4n) is 4.15. The van der Waals surface area contributed by atoms with E-state index in [4.69, 9.17) is 14.6 Å². The highest BCUT2D eigenvalue weighted by molar-refractivity contribution is 5.92. The molecule has 0 unspecified atom stereocenters. The molecule has 0 heterocycles. The molecule has 1 saturated carbocycles. The molecule has 8 heteroatoms. The van der Waals surface area contributed by atoms with Crippen LogP contribution in [-0.4, -0.2) is 41.0 Å². The molecule has 2 aromatic carbocycles. The van der Waals surface area contributed by atoms with Gasteiger partial charge in [-0.15, -0.1) is 0 Å². The second-order valence-corrected chi connectivity index (χ2v) is 10.2. The van der Waals surface area contributed by atoms with Crippen LogP contribution in [0.2, 0.25) is 0 Å². The van der Waals surface area contributed by atoms with Crippen LogP contribution in [0.1, 0.15) is 64.9 Å². The number of allylic oxidation sites excluding steroid dienone is 1. The SMILES string of the molecule is CC(C)(C)OC(=O)NC1CCC(OC(=O)Nc2cc(C=CCCC(=O)O)ccc2-c2ccccc2)CC1. The van der Waals surface area contributed by atoms with Gasteiger partial charge in [-0.25, -0.2) is 9.59 Å². The molecule has 0 bridgehead atoms. The van der Waals surface area contributed by atoms with Crippen molar-refractivity contribution in [3.05, 3.63) is 60.2 Å². The number of hydrogen-bond acceptors (Lipinski definition) is 5. The molecule has 0 radical (unpaired) electrons. The molecule has 3 N–H and O–H groups in total. The van der Waals surface area contributed by atoms with E-state index in [1.54, 1.807) is 6.08 Å². The highest BCUT2D eigenvalue weighted by Gasteiger charge is 2.27. The predicted molar refractivity (Wildman–Crippen MR) is 143 cm³/mol. The van der Waals surface area contributed by atoms with Gasteiger partial charge in [0.15, 0.2) is 0 Å². The molecule has 198 valence electrons. The van der Waals surface area contributed by atoms with Crippen molar-refractivity contribution in [3.8, 4) is 11.1 Å². The van der Waals surface area contributed by atoms with Crippen LogP contribution in [0.3, 0.4) is 0 Å². The summed E-state index contributed by atoms with van der Waals surface area (Å²) < 4.78 is 11.0. The summed E-state index contributed by atoms with van der Waals surface area (Å²) in [5, 5.41) is 14.6. The topological polar surface area (TPSA) is 114 Å². The fourth-order valence-corrected chi connectivity index (χ4v) is 4.15. The number of nitrogens with one attached hydrogen (secondary N) is 2. The van der Waals surface area contributed by atoms with Gasteiger partial charge in [0.1, 0.15) is 11.7 Å². The van der Waals surface area contributed by atoms with Crippen molar-refractivity contribution >= 4 is 29.9 Å². The Kier molecular flexibility index (Phi) is 9.71. The van der Waals surface area contributed by atoms with Gasteiger partial charge in [0.2, 0.25) is 0 Å². The van der Waals surface area contributed by atoms with Crippen molar-refractivity contribution in [3.63, 3.8) is 0 Å². The number of carboxylic acids is 1. The first-order chi connectivity index (χ1) is 17.6. The first-order valence-electron chi connectivity index (χ1n) is 12.6. The van der Waals surface area contributed by atoms with Crippen LogP contribution >= 0.6 is 0 Å². The van der Waals surface area contributed by atoms with E-state index in [1.165, 1.54) is 0 Å². The Morgan fingerprint density at radius 3 is 2.35 bits per heavy atom. The molecule has 0 spiro atoms.